The first-order chi connectivity index (χ1) is 8.97. The maximum atomic E-state index is 11.5. The molecular formula is C13H16N2O4. The molecule has 2 atom stereocenters. The van der Waals surface area contributed by atoms with Crippen LogP contribution in [0.1, 0.15) is 30.6 Å². The summed E-state index contributed by atoms with van der Waals surface area (Å²) in [5.74, 6) is -0.0620. The van der Waals surface area contributed by atoms with Crippen LogP contribution in [0.2, 0.25) is 0 Å². The number of carbonyl (C=O) groups is 2. The number of aliphatic hydroxyl groups excluding tert-OH is 1. The van der Waals surface area contributed by atoms with Crippen molar-refractivity contribution in [2.45, 2.75) is 32.0 Å². The Labute approximate surface area is 110 Å². The number of fused-ring (bicyclic) bond motifs is 1. The zero-order valence-electron chi connectivity index (χ0n) is 10.6. The Morgan fingerprint density at radius 2 is 2.26 bits per heavy atom. The molecule has 102 valence electrons. The number of nitrogens with one attached hydrogen (secondary N) is 1. The third kappa shape index (κ3) is 3.03. The molecule has 4 N–H and O–H groups in total. The number of rotatable bonds is 3. The number of primary amides is 1. The minimum atomic E-state index is -0.905. The summed E-state index contributed by atoms with van der Waals surface area (Å²) in [5, 5.41) is 11.6. The number of nitrogens with two attached hydrogens (primary N) is 1. The van der Waals surface area contributed by atoms with Crippen LogP contribution in [0.3, 0.4) is 0 Å². The average Bonchev–Trinajstić information content (AvgIpc) is 2.70. The van der Waals surface area contributed by atoms with Crippen molar-refractivity contribution in [2.75, 3.05) is 0 Å². The van der Waals surface area contributed by atoms with Crippen LogP contribution in [-0.2, 0) is 11.2 Å². The molecule has 0 radical (unpaired) electrons. The molecule has 19 heavy (non-hydrogen) atoms. The molecule has 2 rings (SSSR count). The van der Waals surface area contributed by atoms with Gasteiger partial charge in [-0.2, -0.15) is 0 Å². The topological polar surface area (TPSA) is 102 Å². The van der Waals surface area contributed by atoms with Crippen molar-refractivity contribution in [1.29, 1.82) is 0 Å². The normalized spacial score (nSPS) is 18.5. The molecule has 1 aromatic rings. The first-order valence-electron chi connectivity index (χ1n) is 6.05. The average molecular weight is 264 g/mol. The predicted molar refractivity (Wildman–Crippen MR) is 67.5 cm³/mol. The molecule has 0 spiro atoms. The van der Waals surface area contributed by atoms with Gasteiger partial charge in [0.1, 0.15) is 5.75 Å². The maximum Gasteiger partial charge on any atom is 0.318 e. The van der Waals surface area contributed by atoms with Crippen molar-refractivity contribution >= 4 is 11.9 Å². The molecule has 0 aromatic heterocycles. The molecule has 1 aromatic carbocycles. The van der Waals surface area contributed by atoms with Crippen molar-refractivity contribution in [2.24, 2.45) is 5.73 Å². The summed E-state index contributed by atoms with van der Waals surface area (Å²) in [5.41, 5.74) is 6.78. The molecule has 1 aliphatic carbocycles. The summed E-state index contributed by atoms with van der Waals surface area (Å²) in [7, 11) is 0. The summed E-state index contributed by atoms with van der Waals surface area (Å²) in [6, 6.07) is 4.39. The minimum Gasteiger partial charge on any atom is -0.481 e. The summed E-state index contributed by atoms with van der Waals surface area (Å²) < 4.78 is 5.44. The van der Waals surface area contributed by atoms with Gasteiger partial charge in [-0.25, -0.2) is 4.79 Å². The number of amides is 3. The van der Waals surface area contributed by atoms with Crippen LogP contribution in [0.25, 0.3) is 0 Å². The fraction of sp³-hybridized carbons (Fsp3) is 0.385. The van der Waals surface area contributed by atoms with Gasteiger partial charge in [-0.1, -0.05) is 6.07 Å². The second kappa shape index (κ2) is 5.27. The van der Waals surface area contributed by atoms with E-state index >= 15 is 0 Å². The Morgan fingerprint density at radius 3 is 2.95 bits per heavy atom. The fourth-order valence-electron chi connectivity index (χ4n) is 2.13. The lowest BCUT2D eigenvalue weighted by atomic mass is 10.1. The highest BCUT2D eigenvalue weighted by atomic mass is 16.5. The lowest BCUT2D eigenvalue weighted by Gasteiger charge is -2.14. The molecule has 3 amide bonds. The Morgan fingerprint density at radius 1 is 1.53 bits per heavy atom. The van der Waals surface area contributed by atoms with E-state index in [1.165, 1.54) is 6.92 Å². The van der Waals surface area contributed by atoms with Gasteiger partial charge in [-0.15, -0.1) is 0 Å². The summed E-state index contributed by atoms with van der Waals surface area (Å²) in [6.45, 7) is 1.53. The maximum absolute atomic E-state index is 11.5. The van der Waals surface area contributed by atoms with E-state index in [0.29, 0.717) is 12.2 Å². The number of hydrogen-bond acceptors (Lipinski definition) is 4. The van der Waals surface area contributed by atoms with Crippen LogP contribution >= 0.6 is 0 Å². The fourth-order valence-corrected chi connectivity index (χ4v) is 2.13. The van der Waals surface area contributed by atoms with Crippen molar-refractivity contribution < 1.29 is 19.4 Å². The molecule has 0 saturated heterocycles. The standard InChI is InChI=1S/C13H16N2O4/c1-7(12(17)15-13(14)18)19-9-3-4-10-8(6-9)2-5-11(10)16/h3-4,6-7,11,16H,2,5H2,1H3,(H3,14,15,17,18)/t7?,11-/m0/s1. The Hall–Kier alpha value is -2.08. The number of ether oxygens (including phenoxy) is 1. The number of imide groups is 1. The van der Waals surface area contributed by atoms with E-state index < -0.39 is 24.1 Å². The number of benzene rings is 1. The third-order valence-electron chi connectivity index (χ3n) is 3.09. The summed E-state index contributed by atoms with van der Waals surface area (Å²) in [4.78, 5) is 22.0. The highest BCUT2D eigenvalue weighted by molar-refractivity contribution is 5.95. The van der Waals surface area contributed by atoms with E-state index in [-0.39, 0.29) is 0 Å². The van der Waals surface area contributed by atoms with Crippen molar-refractivity contribution in [3.05, 3.63) is 29.3 Å². The lowest BCUT2D eigenvalue weighted by molar-refractivity contribution is -0.126. The van der Waals surface area contributed by atoms with Gasteiger partial charge in [0.25, 0.3) is 5.91 Å². The quantitative estimate of drug-likeness (QED) is 0.745. The van der Waals surface area contributed by atoms with Crippen LogP contribution in [0.4, 0.5) is 4.79 Å². The first-order valence-corrected chi connectivity index (χ1v) is 6.05. The highest BCUT2D eigenvalue weighted by Crippen LogP contribution is 2.33. The zero-order chi connectivity index (χ0) is 14.0. The number of urea groups is 1. The zero-order valence-corrected chi connectivity index (χ0v) is 10.6. The minimum absolute atomic E-state index is 0.417. The van der Waals surface area contributed by atoms with Crippen molar-refractivity contribution in [3.63, 3.8) is 0 Å². The second-order valence-electron chi connectivity index (χ2n) is 4.53. The SMILES string of the molecule is CC(Oc1ccc2c(c1)CC[C@@H]2O)C(=O)NC(N)=O. The summed E-state index contributed by atoms with van der Waals surface area (Å²) in [6.07, 6.45) is 0.253. The van der Waals surface area contributed by atoms with Crippen molar-refractivity contribution in [3.8, 4) is 5.75 Å². The van der Waals surface area contributed by atoms with E-state index in [9.17, 15) is 14.7 Å². The van der Waals surface area contributed by atoms with Gasteiger partial charge >= 0.3 is 6.03 Å². The first kappa shape index (κ1) is 13.4. The Bertz CT molecular complexity index is 515. The molecule has 0 heterocycles. The number of carbonyl (C=O) groups excluding carboxylic acids is 2. The van der Waals surface area contributed by atoms with Crippen LogP contribution in [0, 0.1) is 0 Å². The van der Waals surface area contributed by atoms with Gasteiger partial charge in [0.05, 0.1) is 6.10 Å². The van der Waals surface area contributed by atoms with E-state index in [4.69, 9.17) is 10.5 Å². The lowest BCUT2D eigenvalue weighted by Crippen LogP contribution is -2.42. The molecule has 6 nitrogen and oxygen atoms in total. The molecule has 0 saturated carbocycles. The Balaban J connectivity index is 2.04. The largest absolute Gasteiger partial charge is 0.481 e. The van der Waals surface area contributed by atoms with Crippen LogP contribution in [-0.4, -0.2) is 23.1 Å². The van der Waals surface area contributed by atoms with Gasteiger partial charge in [0.2, 0.25) is 0 Å². The number of hydrogen-bond donors (Lipinski definition) is 3. The van der Waals surface area contributed by atoms with Crippen LogP contribution in [0.15, 0.2) is 18.2 Å². The van der Waals surface area contributed by atoms with Gasteiger partial charge in [0, 0.05) is 0 Å². The third-order valence-corrected chi connectivity index (χ3v) is 3.09. The number of aryl methyl sites for hydroxylation is 1. The molecule has 0 bridgehead atoms. The highest BCUT2D eigenvalue weighted by Gasteiger charge is 2.22. The van der Waals surface area contributed by atoms with Crippen LogP contribution in [0.5, 0.6) is 5.75 Å². The van der Waals surface area contributed by atoms with Crippen molar-refractivity contribution in [1.82, 2.24) is 5.32 Å². The van der Waals surface area contributed by atoms with E-state index in [0.717, 1.165) is 17.5 Å². The van der Waals surface area contributed by atoms with Gasteiger partial charge in [-0.05, 0) is 43.0 Å². The Kier molecular flexibility index (Phi) is 3.71. The van der Waals surface area contributed by atoms with E-state index in [2.05, 4.69) is 0 Å². The monoisotopic (exact) mass is 264 g/mol. The predicted octanol–water partition coefficient (Wildman–Crippen LogP) is 0.628. The number of aliphatic hydroxyl groups is 1. The summed E-state index contributed by atoms with van der Waals surface area (Å²) >= 11 is 0. The second-order valence-corrected chi connectivity index (χ2v) is 4.53. The van der Waals surface area contributed by atoms with E-state index in [1.54, 1.807) is 18.2 Å². The van der Waals surface area contributed by atoms with Gasteiger partial charge in [0.15, 0.2) is 6.10 Å². The molecule has 1 unspecified atom stereocenters. The van der Waals surface area contributed by atoms with Gasteiger partial charge in [-0.3, -0.25) is 10.1 Å². The molecular weight excluding hydrogens is 248 g/mol. The molecule has 0 fully saturated rings. The smallest absolute Gasteiger partial charge is 0.318 e. The van der Waals surface area contributed by atoms with Gasteiger partial charge < -0.3 is 15.6 Å². The van der Waals surface area contributed by atoms with E-state index in [1.807, 2.05) is 5.32 Å². The molecule has 0 aliphatic heterocycles. The van der Waals surface area contributed by atoms with Crippen LogP contribution < -0.4 is 15.8 Å². The molecule has 6 heteroatoms. The molecule has 1 aliphatic rings.